The molecule has 194 valence electrons. The number of hydrogen-bond acceptors (Lipinski definition) is 5. The monoisotopic (exact) mass is 538 g/mol. The molecule has 4 aromatic carbocycles. The van der Waals surface area contributed by atoms with Gasteiger partial charge < -0.3 is 14.2 Å². The molecule has 0 aliphatic heterocycles. The predicted molar refractivity (Wildman–Crippen MR) is 150 cm³/mol. The number of ether oxygens (including phenoxy) is 3. The zero-order chi connectivity index (χ0) is 27.1. The van der Waals surface area contributed by atoms with E-state index in [1.165, 1.54) is 12.1 Å². The Morgan fingerprint density at radius 3 is 1.24 bits per heavy atom. The maximum atomic E-state index is 10.5. The van der Waals surface area contributed by atoms with E-state index in [2.05, 4.69) is 27.4 Å². The van der Waals surface area contributed by atoms with Gasteiger partial charge in [0.2, 0.25) is 0 Å². The second-order valence-corrected chi connectivity index (χ2v) is 10.5. The van der Waals surface area contributed by atoms with Crippen molar-refractivity contribution in [2.24, 2.45) is 0 Å². The maximum Gasteiger partial charge on any atom is 0.294 e. The van der Waals surface area contributed by atoms with Crippen LogP contribution in [0.2, 0.25) is 0 Å². The van der Waals surface area contributed by atoms with Crippen LogP contribution in [0.15, 0.2) is 102 Å². The van der Waals surface area contributed by atoms with E-state index in [-0.39, 0.29) is 4.90 Å². The minimum Gasteiger partial charge on any atom is -0.496 e. The normalized spacial score (nSPS) is 11.2. The first-order valence-corrected chi connectivity index (χ1v) is 13.4. The Hall–Kier alpha value is -3.38. The molecule has 4 aromatic rings. The van der Waals surface area contributed by atoms with Crippen LogP contribution in [0.3, 0.4) is 0 Å². The highest BCUT2D eigenvalue weighted by Crippen LogP contribution is 2.53. The summed E-state index contributed by atoms with van der Waals surface area (Å²) in [4.78, 5) is -0.0666. The van der Waals surface area contributed by atoms with E-state index in [0.29, 0.717) is 0 Å². The van der Waals surface area contributed by atoms with Gasteiger partial charge in [0.1, 0.15) is 17.2 Å². The lowest BCUT2D eigenvalue weighted by molar-refractivity contribution is 0.393. The Labute approximate surface area is 221 Å². The number of hydrogen-bond donors (Lipinski definition) is 1. The fourth-order valence-electron chi connectivity index (χ4n) is 4.06. The zero-order valence-corrected chi connectivity index (χ0v) is 23.2. The highest BCUT2D eigenvalue weighted by atomic mass is 32.2. The Morgan fingerprint density at radius 2 is 0.946 bits per heavy atom. The third-order valence-corrected chi connectivity index (χ3v) is 7.72. The highest BCUT2D eigenvalue weighted by molar-refractivity contribution is 7.85. The van der Waals surface area contributed by atoms with Gasteiger partial charge in [0.25, 0.3) is 10.1 Å². The lowest BCUT2D eigenvalue weighted by atomic mass is 9.82. The molecule has 1 unspecified atom stereocenters. The molecule has 0 aromatic heterocycles. The van der Waals surface area contributed by atoms with Crippen LogP contribution in [0.5, 0.6) is 17.2 Å². The fraction of sp³-hybridized carbons (Fsp3) is 0.172. The number of para-hydroxylation sites is 3. The number of methoxy groups -OCH3 is 3. The average molecular weight is 539 g/mol. The van der Waals surface area contributed by atoms with Crippen molar-refractivity contribution in [3.05, 3.63) is 119 Å². The van der Waals surface area contributed by atoms with E-state index in [4.69, 9.17) is 18.8 Å². The molecule has 0 heterocycles. The van der Waals surface area contributed by atoms with Crippen molar-refractivity contribution >= 4 is 19.4 Å². The van der Waals surface area contributed by atoms with Crippen LogP contribution in [-0.2, 0) is 15.3 Å². The smallest absolute Gasteiger partial charge is 0.294 e. The van der Waals surface area contributed by atoms with Crippen molar-refractivity contribution in [3.8, 4) is 17.2 Å². The van der Waals surface area contributed by atoms with Gasteiger partial charge in [-0.1, -0.05) is 72.3 Å². The van der Waals surface area contributed by atoms with Gasteiger partial charge in [0.15, 0.2) is 0 Å². The third kappa shape index (κ3) is 6.31. The average Bonchev–Trinajstić information content (AvgIpc) is 2.92. The Bertz CT molecular complexity index is 1320. The first-order chi connectivity index (χ1) is 17.7. The topological polar surface area (TPSA) is 82.1 Å². The molecule has 4 rings (SSSR count). The Morgan fingerprint density at radius 1 is 0.622 bits per heavy atom. The van der Waals surface area contributed by atoms with E-state index < -0.39 is 15.3 Å². The first-order valence-electron chi connectivity index (χ1n) is 11.4. The second-order valence-electron chi connectivity index (χ2n) is 8.20. The van der Waals surface area contributed by atoms with Gasteiger partial charge in [-0.2, -0.15) is 8.42 Å². The van der Waals surface area contributed by atoms with Crippen molar-refractivity contribution in [1.82, 2.24) is 0 Å². The van der Waals surface area contributed by atoms with Crippen molar-refractivity contribution in [2.75, 3.05) is 21.3 Å². The van der Waals surface area contributed by atoms with E-state index in [1.54, 1.807) is 33.5 Å². The molecule has 0 fully saturated rings. The molecule has 6 nitrogen and oxygen atoms in total. The van der Waals surface area contributed by atoms with Crippen molar-refractivity contribution in [1.29, 1.82) is 0 Å². The van der Waals surface area contributed by atoms with Gasteiger partial charge >= 0.3 is 0 Å². The summed E-state index contributed by atoms with van der Waals surface area (Å²) in [6.07, 6.45) is 0. The molecule has 1 atom stereocenters. The lowest BCUT2D eigenvalue weighted by Crippen LogP contribution is -2.24. The zero-order valence-electron chi connectivity index (χ0n) is 21.2. The van der Waals surface area contributed by atoms with Gasteiger partial charge in [-0.3, -0.25) is 4.55 Å². The second kappa shape index (κ2) is 12.2. The Kier molecular flexibility index (Phi) is 9.33. The summed E-state index contributed by atoms with van der Waals surface area (Å²) in [7, 11) is 4.06. The summed E-state index contributed by atoms with van der Waals surface area (Å²) in [6, 6.07) is 30.1. The molecular formula is C29H31O6PS. The molecule has 0 amide bonds. The van der Waals surface area contributed by atoms with E-state index in [1.807, 2.05) is 61.5 Å². The molecule has 1 N–H and O–H groups in total. The minimum absolute atomic E-state index is 0.0666. The molecule has 0 saturated heterocycles. The summed E-state index contributed by atoms with van der Waals surface area (Å²) in [5.74, 6) is 2.41. The third-order valence-electron chi connectivity index (χ3n) is 5.91. The summed E-state index contributed by atoms with van der Waals surface area (Å²) >= 11 is 0. The van der Waals surface area contributed by atoms with Crippen LogP contribution in [0.1, 0.15) is 22.3 Å². The predicted octanol–water partition coefficient (Wildman–Crippen LogP) is 6.12. The maximum absolute atomic E-state index is 10.5. The van der Waals surface area contributed by atoms with Gasteiger partial charge in [-0.15, -0.1) is 9.24 Å². The van der Waals surface area contributed by atoms with Gasteiger partial charge in [-0.05, 0) is 37.3 Å². The molecule has 0 radical (unpaired) electrons. The standard InChI is InChI=1S/C22H23O3P.C7H8O3S/c1-23-19-13-7-4-10-16(19)22(26,17-11-5-8-14-20(17)24-2)18-12-6-9-15-21(18)25-3;1-6-2-4-7(5-3-6)11(8,9)10/h4-15H,26H2,1-3H3;2-5H,1H3,(H,8,9,10). The SMILES string of the molecule is COc1ccccc1C(P)(c1ccccc1OC)c1ccccc1OC.Cc1ccc(S(=O)(=O)O)cc1. The molecule has 0 saturated carbocycles. The summed E-state index contributed by atoms with van der Waals surface area (Å²) in [5, 5.41) is -0.605. The van der Waals surface area contributed by atoms with E-state index in [9.17, 15) is 8.42 Å². The van der Waals surface area contributed by atoms with Crippen molar-refractivity contribution < 1.29 is 27.2 Å². The fourth-order valence-corrected chi connectivity index (χ4v) is 5.25. The summed E-state index contributed by atoms with van der Waals surface area (Å²) < 4.78 is 46.6. The number of aryl methyl sites for hydroxylation is 1. The lowest BCUT2D eigenvalue weighted by Gasteiger charge is -2.34. The summed E-state index contributed by atoms with van der Waals surface area (Å²) in [5.41, 5.74) is 4.00. The highest BCUT2D eigenvalue weighted by Gasteiger charge is 2.38. The van der Waals surface area contributed by atoms with Gasteiger partial charge in [-0.25, -0.2) is 0 Å². The quantitative estimate of drug-likeness (QED) is 0.173. The van der Waals surface area contributed by atoms with Crippen LogP contribution in [-0.4, -0.2) is 34.3 Å². The van der Waals surface area contributed by atoms with Gasteiger partial charge in [0, 0.05) is 16.7 Å². The molecular weight excluding hydrogens is 507 g/mol. The van der Waals surface area contributed by atoms with E-state index >= 15 is 0 Å². The molecule has 0 aliphatic carbocycles. The molecule has 8 heteroatoms. The van der Waals surface area contributed by atoms with Crippen LogP contribution in [0.25, 0.3) is 0 Å². The van der Waals surface area contributed by atoms with Crippen LogP contribution in [0, 0.1) is 6.92 Å². The molecule has 0 spiro atoms. The molecule has 0 bridgehead atoms. The van der Waals surface area contributed by atoms with Crippen LogP contribution in [0.4, 0.5) is 0 Å². The Balaban J connectivity index is 0.000000289. The first kappa shape index (κ1) is 28.2. The largest absolute Gasteiger partial charge is 0.496 e. The van der Waals surface area contributed by atoms with Crippen LogP contribution >= 0.6 is 9.24 Å². The van der Waals surface area contributed by atoms with Crippen LogP contribution < -0.4 is 14.2 Å². The number of rotatable bonds is 7. The van der Waals surface area contributed by atoms with E-state index in [0.717, 1.165) is 39.5 Å². The minimum atomic E-state index is -4.02. The number of benzene rings is 4. The van der Waals surface area contributed by atoms with Gasteiger partial charge in [0.05, 0.1) is 31.4 Å². The van der Waals surface area contributed by atoms with Crippen molar-refractivity contribution in [2.45, 2.75) is 17.0 Å². The molecule has 37 heavy (non-hydrogen) atoms. The summed E-state index contributed by atoms with van der Waals surface area (Å²) in [6.45, 7) is 1.84. The molecule has 0 aliphatic rings. The van der Waals surface area contributed by atoms with Crippen molar-refractivity contribution in [3.63, 3.8) is 0 Å².